The van der Waals surface area contributed by atoms with Gasteiger partial charge in [0.1, 0.15) is 17.3 Å². The fourth-order valence-electron chi connectivity index (χ4n) is 2.47. The van der Waals surface area contributed by atoms with Crippen molar-refractivity contribution in [2.75, 3.05) is 7.11 Å². The topological polar surface area (TPSA) is 44.2 Å². The molecule has 0 saturated heterocycles. The predicted molar refractivity (Wildman–Crippen MR) is 90.1 cm³/mol. The van der Waals surface area contributed by atoms with E-state index in [0.29, 0.717) is 23.8 Å². The van der Waals surface area contributed by atoms with Crippen LogP contribution in [0.1, 0.15) is 12.5 Å². The average Bonchev–Trinajstić information content (AvgIpc) is 2.61. The number of ether oxygens (including phenoxy) is 2. The van der Waals surface area contributed by atoms with Gasteiger partial charge in [0, 0.05) is 42.7 Å². The molecule has 26 heavy (non-hydrogen) atoms. The average molecular weight is 360 g/mol. The molecule has 134 valence electrons. The van der Waals surface area contributed by atoms with Crippen molar-refractivity contribution in [2.24, 2.45) is 0 Å². The van der Waals surface area contributed by atoms with Crippen molar-refractivity contribution in [3.05, 3.63) is 66.4 Å². The number of hydrogen-bond acceptors (Lipinski definition) is 4. The van der Waals surface area contributed by atoms with Crippen LogP contribution in [-0.4, -0.2) is 17.1 Å². The van der Waals surface area contributed by atoms with Crippen LogP contribution in [0.5, 0.6) is 17.4 Å². The number of alkyl halides is 2. The lowest BCUT2D eigenvalue weighted by molar-refractivity contribution is 0.0137. The van der Waals surface area contributed by atoms with Gasteiger partial charge in [0.25, 0.3) is 5.92 Å². The Morgan fingerprint density at radius 1 is 1.04 bits per heavy atom. The molecule has 0 amide bonds. The number of methoxy groups -OCH3 is 1. The van der Waals surface area contributed by atoms with Crippen molar-refractivity contribution in [3.63, 3.8) is 0 Å². The quantitative estimate of drug-likeness (QED) is 0.628. The summed E-state index contributed by atoms with van der Waals surface area (Å²) in [6.07, 6.45) is 4.68. The SMILES string of the molecule is COc1ccncc1-c1cccnc1Oc1ccc(C(C)(F)F)c(F)c1. The fourth-order valence-corrected chi connectivity index (χ4v) is 2.47. The third-order valence-corrected chi connectivity index (χ3v) is 3.69. The summed E-state index contributed by atoms with van der Waals surface area (Å²) in [5.41, 5.74) is 0.512. The van der Waals surface area contributed by atoms with Crippen LogP contribution < -0.4 is 9.47 Å². The first-order valence-electron chi connectivity index (χ1n) is 7.69. The van der Waals surface area contributed by atoms with Gasteiger partial charge >= 0.3 is 0 Å². The maximum absolute atomic E-state index is 14.0. The zero-order valence-electron chi connectivity index (χ0n) is 14.0. The molecule has 4 nitrogen and oxygen atoms in total. The number of aromatic nitrogens is 2. The van der Waals surface area contributed by atoms with E-state index in [1.807, 2.05) is 0 Å². The van der Waals surface area contributed by atoms with Crippen molar-refractivity contribution in [1.29, 1.82) is 0 Å². The molecule has 0 aliphatic carbocycles. The number of benzene rings is 1. The maximum atomic E-state index is 14.0. The normalized spacial score (nSPS) is 11.3. The zero-order chi connectivity index (χ0) is 18.7. The second-order valence-corrected chi connectivity index (χ2v) is 5.56. The van der Waals surface area contributed by atoms with E-state index in [4.69, 9.17) is 9.47 Å². The summed E-state index contributed by atoms with van der Waals surface area (Å²) in [5.74, 6) is -3.54. The molecule has 1 aromatic carbocycles. The highest BCUT2D eigenvalue weighted by Gasteiger charge is 2.28. The molecule has 0 saturated carbocycles. The summed E-state index contributed by atoms with van der Waals surface area (Å²) in [6.45, 7) is 0.636. The maximum Gasteiger partial charge on any atom is 0.273 e. The molecule has 7 heteroatoms. The fraction of sp³-hybridized carbons (Fsp3) is 0.158. The highest BCUT2D eigenvalue weighted by molar-refractivity contribution is 5.73. The van der Waals surface area contributed by atoms with Crippen molar-refractivity contribution in [3.8, 4) is 28.5 Å². The van der Waals surface area contributed by atoms with Gasteiger partial charge in [0.2, 0.25) is 5.88 Å². The highest BCUT2D eigenvalue weighted by atomic mass is 19.3. The molecular weight excluding hydrogens is 345 g/mol. The van der Waals surface area contributed by atoms with Gasteiger partial charge in [-0.05, 0) is 30.3 Å². The van der Waals surface area contributed by atoms with Gasteiger partial charge in [0.15, 0.2) is 0 Å². The van der Waals surface area contributed by atoms with Crippen molar-refractivity contribution in [1.82, 2.24) is 9.97 Å². The lowest BCUT2D eigenvalue weighted by Crippen LogP contribution is -2.09. The molecule has 3 aromatic rings. The van der Waals surface area contributed by atoms with Gasteiger partial charge < -0.3 is 9.47 Å². The molecule has 0 N–H and O–H groups in total. The number of halogens is 3. The van der Waals surface area contributed by atoms with Gasteiger partial charge in [-0.2, -0.15) is 0 Å². The van der Waals surface area contributed by atoms with Crippen LogP contribution in [0.4, 0.5) is 13.2 Å². The predicted octanol–water partition coefficient (Wildman–Crippen LogP) is 5.20. The number of pyridine rings is 2. The molecule has 0 radical (unpaired) electrons. The van der Waals surface area contributed by atoms with Gasteiger partial charge in [-0.3, -0.25) is 4.98 Å². The molecule has 2 aromatic heterocycles. The van der Waals surface area contributed by atoms with Crippen molar-refractivity contribution >= 4 is 0 Å². The van der Waals surface area contributed by atoms with Gasteiger partial charge in [-0.15, -0.1) is 0 Å². The zero-order valence-corrected chi connectivity index (χ0v) is 14.0. The van der Waals surface area contributed by atoms with Gasteiger partial charge in [-0.1, -0.05) is 0 Å². The molecule has 0 bridgehead atoms. The van der Waals surface area contributed by atoms with Crippen LogP contribution in [0, 0.1) is 5.82 Å². The van der Waals surface area contributed by atoms with Crippen molar-refractivity contribution < 1.29 is 22.6 Å². The van der Waals surface area contributed by atoms with Gasteiger partial charge in [-0.25, -0.2) is 18.2 Å². The molecule has 0 unspecified atom stereocenters. The van der Waals surface area contributed by atoms with E-state index in [2.05, 4.69) is 9.97 Å². The van der Waals surface area contributed by atoms with E-state index in [0.717, 1.165) is 12.1 Å². The summed E-state index contributed by atoms with van der Waals surface area (Å²) in [7, 11) is 1.52. The third-order valence-electron chi connectivity index (χ3n) is 3.69. The highest BCUT2D eigenvalue weighted by Crippen LogP contribution is 2.37. The molecule has 0 aliphatic heterocycles. The summed E-state index contributed by atoms with van der Waals surface area (Å²) in [5, 5.41) is 0. The molecule has 0 spiro atoms. The summed E-state index contributed by atoms with van der Waals surface area (Å²) in [4.78, 5) is 8.21. The second-order valence-electron chi connectivity index (χ2n) is 5.56. The molecule has 0 aliphatic rings. The van der Waals surface area contributed by atoms with Crippen LogP contribution >= 0.6 is 0 Å². The Balaban J connectivity index is 1.99. The Morgan fingerprint density at radius 2 is 1.85 bits per heavy atom. The van der Waals surface area contributed by atoms with Crippen LogP contribution in [0.15, 0.2) is 55.0 Å². The molecule has 3 rings (SSSR count). The molecular formula is C19H15F3N2O2. The Kier molecular flexibility index (Phi) is 4.79. The summed E-state index contributed by atoms with van der Waals surface area (Å²) >= 11 is 0. The number of hydrogen-bond donors (Lipinski definition) is 0. The van der Waals surface area contributed by atoms with E-state index in [1.54, 1.807) is 30.6 Å². The Labute approximate surface area is 148 Å². The van der Waals surface area contributed by atoms with E-state index in [1.165, 1.54) is 19.4 Å². The minimum atomic E-state index is -3.28. The monoisotopic (exact) mass is 360 g/mol. The van der Waals surface area contributed by atoms with E-state index < -0.39 is 17.3 Å². The molecule has 2 heterocycles. The smallest absolute Gasteiger partial charge is 0.273 e. The van der Waals surface area contributed by atoms with Gasteiger partial charge in [0.05, 0.1) is 12.7 Å². The number of nitrogens with zero attached hydrogens (tertiary/aromatic N) is 2. The van der Waals surface area contributed by atoms with Crippen LogP contribution in [0.3, 0.4) is 0 Å². The third kappa shape index (κ3) is 3.61. The van der Waals surface area contributed by atoms with E-state index >= 15 is 0 Å². The van der Waals surface area contributed by atoms with E-state index in [9.17, 15) is 13.2 Å². The lowest BCUT2D eigenvalue weighted by atomic mass is 10.1. The largest absolute Gasteiger partial charge is 0.496 e. The van der Waals surface area contributed by atoms with Crippen LogP contribution in [-0.2, 0) is 5.92 Å². The number of rotatable bonds is 5. The first-order valence-corrected chi connectivity index (χ1v) is 7.69. The summed E-state index contributed by atoms with van der Waals surface area (Å²) < 4.78 is 51.6. The van der Waals surface area contributed by atoms with Crippen LogP contribution in [0.25, 0.3) is 11.1 Å². The Bertz CT molecular complexity index is 927. The van der Waals surface area contributed by atoms with E-state index in [-0.39, 0.29) is 11.6 Å². The first-order chi connectivity index (χ1) is 12.4. The molecule has 0 atom stereocenters. The summed E-state index contributed by atoms with van der Waals surface area (Å²) in [6, 6.07) is 8.31. The van der Waals surface area contributed by atoms with Crippen molar-refractivity contribution in [2.45, 2.75) is 12.8 Å². The minimum Gasteiger partial charge on any atom is -0.496 e. The first kappa shape index (κ1) is 17.7. The minimum absolute atomic E-state index is 0.0540. The Hall–Kier alpha value is -3.09. The standard InChI is InChI=1S/C19H15F3N2O2/c1-19(21,22)15-6-5-12(10-16(15)20)26-18-13(4-3-8-24-18)14-11-23-9-7-17(14)25-2/h3-11H,1-2H3. The van der Waals surface area contributed by atoms with Crippen LogP contribution in [0.2, 0.25) is 0 Å². The lowest BCUT2D eigenvalue weighted by Gasteiger charge is -2.14. The second kappa shape index (κ2) is 7.03. The molecule has 0 fully saturated rings. The Morgan fingerprint density at radius 3 is 2.54 bits per heavy atom.